The van der Waals surface area contributed by atoms with Gasteiger partial charge in [-0.1, -0.05) is 11.6 Å². The van der Waals surface area contributed by atoms with Crippen molar-refractivity contribution in [2.75, 3.05) is 10.6 Å². The summed E-state index contributed by atoms with van der Waals surface area (Å²) in [6, 6.07) is 9.05. The molecule has 118 valence electrons. The van der Waals surface area contributed by atoms with E-state index in [0.717, 1.165) is 16.8 Å². The average Bonchev–Trinajstić information content (AvgIpc) is 2.70. The van der Waals surface area contributed by atoms with Crippen LogP contribution in [-0.4, -0.2) is 20.9 Å². The highest BCUT2D eigenvalue weighted by Crippen LogP contribution is 2.34. The third kappa shape index (κ3) is 2.79. The summed E-state index contributed by atoms with van der Waals surface area (Å²) in [5, 5.41) is 6.53. The summed E-state index contributed by atoms with van der Waals surface area (Å²) < 4.78 is 0. The van der Waals surface area contributed by atoms with Gasteiger partial charge in [-0.3, -0.25) is 9.78 Å². The van der Waals surface area contributed by atoms with Gasteiger partial charge < -0.3 is 10.6 Å². The van der Waals surface area contributed by atoms with Gasteiger partial charge in [0.15, 0.2) is 0 Å². The highest BCUT2D eigenvalue weighted by atomic mass is 35.5. The summed E-state index contributed by atoms with van der Waals surface area (Å²) in [5.74, 6) is 0.325. The number of anilines is 3. The number of carbonyl (C=O) groups is 1. The number of hydrogen-bond acceptors (Lipinski definition) is 5. The smallest absolute Gasteiger partial charge is 0.228 e. The number of pyridine rings is 1. The lowest BCUT2D eigenvalue weighted by molar-refractivity contribution is -0.115. The number of hydrogen-bond donors (Lipinski definition) is 2. The minimum Gasteiger partial charge on any atom is -0.325 e. The SMILES string of the molecule is O=C1Cc2cnc(Nc3cccnc3)nc2-c2ccc(Cl)cc2N1. The Morgan fingerprint density at radius 1 is 1.21 bits per heavy atom. The minimum absolute atomic E-state index is 0.117. The highest BCUT2D eigenvalue weighted by Gasteiger charge is 2.21. The molecule has 1 aliphatic heterocycles. The standard InChI is InChI=1S/C17H12ClN5O/c18-11-3-4-13-14(7-11)22-15(24)6-10-8-20-17(23-16(10)13)21-12-2-1-5-19-9-12/h1-5,7-9H,6H2,(H,22,24)(H,20,21,23). The van der Waals surface area contributed by atoms with Gasteiger partial charge in [-0.25, -0.2) is 9.97 Å². The predicted octanol–water partition coefficient (Wildman–Crippen LogP) is 3.43. The summed E-state index contributed by atoms with van der Waals surface area (Å²) >= 11 is 6.04. The summed E-state index contributed by atoms with van der Waals surface area (Å²) in [7, 11) is 0. The van der Waals surface area contributed by atoms with Crippen molar-refractivity contribution in [2.24, 2.45) is 0 Å². The molecule has 0 atom stereocenters. The first-order chi connectivity index (χ1) is 11.7. The van der Waals surface area contributed by atoms with Crippen molar-refractivity contribution in [1.29, 1.82) is 0 Å². The van der Waals surface area contributed by atoms with Gasteiger partial charge in [0.1, 0.15) is 0 Å². The zero-order chi connectivity index (χ0) is 16.5. The Morgan fingerprint density at radius 2 is 2.12 bits per heavy atom. The maximum atomic E-state index is 12.1. The molecule has 1 aliphatic rings. The van der Waals surface area contributed by atoms with Crippen LogP contribution in [0.5, 0.6) is 0 Å². The molecule has 3 aromatic rings. The first kappa shape index (κ1) is 14.6. The number of benzene rings is 1. The fourth-order valence-electron chi connectivity index (χ4n) is 2.59. The molecular weight excluding hydrogens is 326 g/mol. The van der Waals surface area contributed by atoms with Gasteiger partial charge in [0.25, 0.3) is 0 Å². The van der Waals surface area contributed by atoms with E-state index < -0.39 is 0 Å². The molecule has 1 aromatic carbocycles. The maximum absolute atomic E-state index is 12.1. The van der Waals surface area contributed by atoms with Crippen molar-refractivity contribution >= 4 is 34.8 Å². The lowest BCUT2D eigenvalue weighted by atomic mass is 10.1. The van der Waals surface area contributed by atoms with Crippen LogP contribution in [0.4, 0.5) is 17.3 Å². The molecule has 0 unspecified atom stereocenters. The Labute approximate surface area is 142 Å². The lowest BCUT2D eigenvalue weighted by Crippen LogP contribution is -2.12. The highest BCUT2D eigenvalue weighted by molar-refractivity contribution is 6.31. The van der Waals surface area contributed by atoms with Gasteiger partial charge >= 0.3 is 0 Å². The van der Waals surface area contributed by atoms with E-state index in [1.165, 1.54) is 0 Å². The normalized spacial score (nSPS) is 12.6. The zero-order valence-corrected chi connectivity index (χ0v) is 13.2. The van der Waals surface area contributed by atoms with E-state index in [0.29, 0.717) is 22.4 Å². The van der Waals surface area contributed by atoms with Crippen LogP contribution in [0.3, 0.4) is 0 Å². The minimum atomic E-state index is -0.117. The van der Waals surface area contributed by atoms with Gasteiger partial charge in [-0.2, -0.15) is 0 Å². The van der Waals surface area contributed by atoms with Crippen LogP contribution in [0, 0.1) is 0 Å². The number of halogens is 1. The third-order valence-electron chi connectivity index (χ3n) is 3.64. The molecule has 4 rings (SSSR count). The van der Waals surface area contributed by atoms with E-state index in [9.17, 15) is 4.79 Å². The molecule has 0 spiro atoms. The van der Waals surface area contributed by atoms with Crippen LogP contribution in [0.25, 0.3) is 11.3 Å². The molecule has 2 aromatic heterocycles. The van der Waals surface area contributed by atoms with Crippen LogP contribution in [0.1, 0.15) is 5.56 Å². The molecule has 3 heterocycles. The van der Waals surface area contributed by atoms with Gasteiger partial charge in [0, 0.05) is 28.5 Å². The van der Waals surface area contributed by atoms with Crippen LogP contribution in [-0.2, 0) is 11.2 Å². The Kier molecular flexibility index (Phi) is 3.59. The monoisotopic (exact) mass is 337 g/mol. The number of aromatic nitrogens is 3. The second-order valence-electron chi connectivity index (χ2n) is 5.35. The van der Waals surface area contributed by atoms with Crippen molar-refractivity contribution in [3.63, 3.8) is 0 Å². The van der Waals surface area contributed by atoms with Crippen molar-refractivity contribution in [2.45, 2.75) is 6.42 Å². The van der Waals surface area contributed by atoms with Crippen molar-refractivity contribution in [1.82, 2.24) is 15.0 Å². The molecule has 0 saturated carbocycles. The maximum Gasteiger partial charge on any atom is 0.228 e. The molecule has 2 N–H and O–H groups in total. The molecule has 0 fully saturated rings. The zero-order valence-electron chi connectivity index (χ0n) is 12.5. The van der Waals surface area contributed by atoms with Gasteiger partial charge in [0.2, 0.25) is 11.9 Å². The van der Waals surface area contributed by atoms with Crippen molar-refractivity contribution in [3.8, 4) is 11.3 Å². The van der Waals surface area contributed by atoms with Crippen LogP contribution < -0.4 is 10.6 Å². The van der Waals surface area contributed by atoms with Gasteiger partial charge in [-0.15, -0.1) is 0 Å². The van der Waals surface area contributed by atoms with Gasteiger partial charge in [0.05, 0.1) is 29.7 Å². The Balaban J connectivity index is 1.80. The third-order valence-corrected chi connectivity index (χ3v) is 3.88. The molecule has 24 heavy (non-hydrogen) atoms. The quantitative estimate of drug-likeness (QED) is 0.749. The second-order valence-corrected chi connectivity index (χ2v) is 5.79. The van der Waals surface area contributed by atoms with Gasteiger partial charge in [-0.05, 0) is 30.3 Å². The number of nitrogens with zero attached hydrogens (tertiary/aromatic N) is 3. The molecule has 6 nitrogen and oxygen atoms in total. The molecule has 7 heteroatoms. The Bertz CT molecular complexity index is 930. The fraction of sp³-hybridized carbons (Fsp3) is 0.0588. The van der Waals surface area contributed by atoms with Crippen molar-refractivity contribution in [3.05, 3.63) is 59.5 Å². The number of nitrogens with one attached hydrogen (secondary N) is 2. The number of carbonyl (C=O) groups excluding carboxylic acids is 1. The van der Waals surface area contributed by atoms with E-state index in [-0.39, 0.29) is 12.3 Å². The Morgan fingerprint density at radius 3 is 2.96 bits per heavy atom. The van der Waals surface area contributed by atoms with E-state index in [2.05, 4.69) is 25.6 Å². The molecule has 0 aliphatic carbocycles. The molecule has 0 bridgehead atoms. The topological polar surface area (TPSA) is 79.8 Å². The molecule has 1 amide bonds. The van der Waals surface area contributed by atoms with E-state index in [1.54, 1.807) is 30.7 Å². The molecule has 0 radical (unpaired) electrons. The van der Waals surface area contributed by atoms with Crippen LogP contribution in [0.2, 0.25) is 5.02 Å². The van der Waals surface area contributed by atoms with Crippen LogP contribution >= 0.6 is 11.6 Å². The first-order valence-electron chi connectivity index (χ1n) is 7.32. The second kappa shape index (κ2) is 5.90. The fourth-order valence-corrected chi connectivity index (χ4v) is 2.76. The molecule has 0 saturated heterocycles. The number of fused-ring (bicyclic) bond motifs is 3. The van der Waals surface area contributed by atoms with E-state index in [1.807, 2.05) is 18.2 Å². The average molecular weight is 338 g/mol. The summed E-state index contributed by atoms with van der Waals surface area (Å²) in [6.07, 6.45) is 5.27. The predicted molar refractivity (Wildman–Crippen MR) is 92.3 cm³/mol. The summed E-state index contributed by atoms with van der Waals surface area (Å²) in [5.41, 5.74) is 3.73. The van der Waals surface area contributed by atoms with Crippen LogP contribution in [0.15, 0.2) is 48.9 Å². The Hall–Kier alpha value is -2.99. The summed E-state index contributed by atoms with van der Waals surface area (Å²) in [4.78, 5) is 25.0. The van der Waals surface area contributed by atoms with Crippen molar-refractivity contribution < 1.29 is 4.79 Å². The van der Waals surface area contributed by atoms with E-state index in [4.69, 9.17) is 11.6 Å². The molecular formula is C17H12ClN5O. The summed E-state index contributed by atoms with van der Waals surface area (Å²) in [6.45, 7) is 0. The number of rotatable bonds is 2. The first-order valence-corrected chi connectivity index (χ1v) is 7.69. The largest absolute Gasteiger partial charge is 0.325 e. The number of amides is 1. The van der Waals surface area contributed by atoms with E-state index >= 15 is 0 Å². The lowest BCUT2D eigenvalue weighted by Gasteiger charge is -2.10.